The Labute approximate surface area is 151 Å². The first kappa shape index (κ1) is 18.4. The lowest BCUT2D eigenvalue weighted by Gasteiger charge is -2.20. The highest BCUT2D eigenvalue weighted by Crippen LogP contribution is 2.33. The fourth-order valence-corrected chi connectivity index (χ4v) is 3.56. The number of hydrogen-bond donors (Lipinski definition) is 1. The second-order valence-electron chi connectivity index (χ2n) is 5.64. The molecule has 0 aromatic carbocycles. The molecule has 2 aromatic heterocycles. The molecule has 2 aromatic rings. The Kier molecular flexibility index (Phi) is 5.61. The van der Waals surface area contributed by atoms with Gasteiger partial charge in [0.15, 0.2) is 5.11 Å². The van der Waals surface area contributed by atoms with Crippen LogP contribution in [0, 0.1) is 20.8 Å². The van der Waals surface area contributed by atoms with E-state index in [1.807, 2.05) is 50.6 Å². The summed E-state index contributed by atoms with van der Waals surface area (Å²) >= 11 is 6.99. The van der Waals surface area contributed by atoms with Crippen molar-refractivity contribution >= 4 is 39.6 Å². The highest BCUT2D eigenvalue weighted by molar-refractivity contribution is 7.80. The van der Waals surface area contributed by atoms with Crippen molar-refractivity contribution in [3.8, 4) is 0 Å². The summed E-state index contributed by atoms with van der Waals surface area (Å²) in [6, 6.07) is 0. The van der Waals surface area contributed by atoms with E-state index in [9.17, 15) is 4.79 Å². The van der Waals surface area contributed by atoms with E-state index in [1.54, 1.807) is 0 Å². The van der Waals surface area contributed by atoms with Crippen LogP contribution < -0.4 is 5.32 Å². The van der Waals surface area contributed by atoms with Gasteiger partial charge in [-0.1, -0.05) is 0 Å². The van der Waals surface area contributed by atoms with Crippen LogP contribution in [0.5, 0.6) is 0 Å². The molecule has 0 radical (unpaired) electrons. The average Bonchev–Trinajstić information content (AvgIpc) is 3.00. The van der Waals surface area contributed by atoms with E-state index in [2.05, 4.69) is 10.4 Å². The maximum atomic E-state index is 12.0. The third-order valence-corrected chi connectivity index (χ3v) is 5.62. The van der Waals surface area contributed by atoms with Crippen LogP contribution >= 0.6 is 23.6 Å². The van der Waals surface area contributed by atoms with Crippen molar-refractivity contribution in [2.24, 2.45) is 7.05 Å². The van der Waals surface area contributed by atoms with Crippen molar-refractivity contribution in [1.82, 2.24) is 14.7 Å². The van der Waals surface area contributed by atoms with E-state index in [1.165, 1.54) is 18.4 Å². The van der Waals surface area contributed by atoms with Crippen molar-refractivity contribution < 1.29 is 9.53 Å². The van der Waals surface area contributed by atoms with Crippen LogP contribution in [0.25, 0.3) is 0 Å². The summed E-state index contributed by atoms with van der Waals surface area (Å²) in [6.45, 7) is 6.55. The highest BCUT2D eigenvalue weighted by atomic mass is 32.1. The number of carbonyl (C=O) groups is 1. The van der Waals surface area contributed by atoms with E-state index in [4.69, 9.17) is 17.0 Å². The molecule has 0 aliphatic rings. The van der Waals surface area contributed by atoms with Gasteiger partial charge in [-0.3, -0.25) is 4.68 Å². The quantitative estimate of drug-likeness (QED) is 0.663. The highest BCUT2D eigenvalue weighted by Gasteiger charge is 2.21. The van der Waals surface area contributed by atoms with E-state index in [0.29, 0.717) is 17.2 Å². The SMILES string of the molecule is COC(=O)c1c(NC(=S)N(C)Cc2cnn(C)c2C)sc(C)c1C. The molecule has 0 saturated heterocycles. The molecule has 0 spiro atoms. The lowest BCUT2D eigenvalue weighted by atomic mass is 10.1. The van der Waals surface area contributed by atoms with Gasteiger partial charge in [-0.15, -0.1) is 11.3 Å². The van der Waals surface area contributed by atoms with E-state index in [0.717, 1.165) is 26.7 Å². The number of thiophene rings is 1. The molecule has 0 unspecified atom stereocenters. The summed E-state index contributed by atoms with van der Waals surface area (Å²) in [7, 11) is 5.20. The summed E-state index contributed by atoms with van der Waals surface area (Å²) < 4.78 is 6.72. The van der Waals surface area contributed by atoms with Crippen LogP contribution in [-0.4, -0.2) is 39.9 Å². The first-order valence-corrected chi connectivity index (χ1v) is 8.66. The van der Waals surface area contributed by atoms with Crippen molar-refractivity contribution in [3.63, 3.8) is 0 Å². The molecule has 8 heteroatoms. The van der Waals surface area contributed by atoms with Crippen LogP contribution in [0.15, 0.2) is 6.20 Å². The topological polar surface area (TPSA) is 59.4 Å². The minimum absolute atomic E-state index is 0.354. The van der Waals surface area contributed by atoms with Gasteiger partial charge in [0.25, 0.3) is 0 Å². The number of rotatable bonds is 4. The minimum atomic E-state index is -0.354. The maximum absolute atomic E-state index is 12.0. The average molecular weight is 367 g/mol. The van der Waals surface area contributed by atoms with Crippen molar-refractivity contribution in [3.05, 3.63) is 33.5 Å². The lowest BCUT2D eigenvalue weighted by molar-refractivity contribution is 0.0601. The van der Waals surface area contributed by atoms with Crippen LogP contribution in [0.1, 0.15) is 32.1 Å². The summed E-state index contributed by atoms with van der Waals surface area (Å²) in [5.41, 5.74) is 3.68. The van der Waals surface area contributed by atoms with Gasteiger partial charge in [-0.25, -0.2) is 4.79 Å². The number of carbonyl (C=O) groups excluding carboxylic acids is 1. The molecule has 0 fully saturated rings. The van der Waals surface area contributed by atoms with Crippen LogP contribution in [0.3, 0.4) is 0 Å². The zero-order valence-electron chi connectivity index (χ0n) is 14.8. The normalized spacial score (nSPS) is 10.6. The van der Waals surface area contributed by atoms with Gasteiger partial charge >= 0.3 is 5.97 Å². The number of anilines is 1. The van der Waals surface area contributed by atoms with E-state index >= 15 is 0 Å². The molecule has 130 valence electrons. The predicted molar refractivity (Wildman–Crippen MR) is 101 cm³/mol. The van der Waals surface area contributed by atoms with Crippen LogP contribution in [-0.2, 0) is 18.3 Å². The Hall–Kier alpha value is -1.93. The Morgan fingerprint density at radius 1 is 1.46 bits per heavy atom. The number of nitrogens with zero attached hydrogens (tertiary/aromatic N) is 3. The molecule has 1 N–H and O–H groups in total. The smallest absolute Gasteiger partial charge is 0.341 e. The number of aromatic nitrogens is 2. The van der Waals surface area contributed by atoms with E-state index in [-0.39, 0.29) is 5.97 Å². The summed E-state index contributed by atoms with van der Waals surface area (Å²) in [6.07, 6.45) is 1.84. The molecule has 2 rings (SSSR count). The lowest BCUT2D eigenvalue weighted by Crippen LogP contribution is -2.31. The maximum Gasteiger partial charge on any atom is 0.341 e. The van der Waals surface area contributed by atoms with Gasteiger partial charge in [0.05, 0.1) is 18.9 Å². The first-order valence-electron chi connectivity index (χ1n) is 7.44. The number of nitrogens with one attached hydrogen (secondary N) is 1. The molecule has 0 aliphatic heterocycles. The summed E-state index contributed by atoms with van der Waals surface area (Å²) in [5.74, 6) is -0.354. The van der Waals surface area contributed by atoms with Crippen LogP contribution in [0.2, 0.25) is 0 Å². The second-order valence-corrected chi connectivity index (χ2v) is 7.26. The molecule has 0 amide bonds. The molecule has 0 saturated carbocycles. The number of thiocarbonyl (C=S) groups is 1. The molecule has 0 aliphatic carbocycles. The Morgan fingerprint density at radius 3 is 2.67 bits per heavy atom. The van der Waals surface area contributed by atoms with Crippen molar-refractivity contribution in [1.29, 1.82) is 0 Å². The molecular weight excluding hydrogens is 344 g/mol. The van der Waals surface area contributed by atoms with Gasteiger partial charge in [0, 0.05) is 36.8 Å². The Bertz CT molecular complexity index is 779. The zero-order chi connectivity index (χ0) is 18.0. The summed E-state index contributed by atoms with van der Waals surface area (Å²) in [5, 5.41) is 8.69. The molecule has 0 bridgehead atoms. The number of methoxy groups -OCH3 is 1. The predicted octanol–water partition coefficient (Wildman–Crippen LogP) is 3.02. The Morgan fingerprint density at radius 2 is 2.12 bits per heavy atom. The third kappa shape index (κ3) is 3.59. The monoisotopic (exact) mass is 366 g/mol. The van der Waals surface area contributed by atoms with Gasteiger partial charge in [-0.05, 0) is 38.6 Å². The molecule has 0 atom stereocenters. The fourth-order valence-electron chi connectivity index (χ4n) is 2.28. The zero-order valence-corrected chi connectivity index (χ0v) is 16.4. The number of aryl methyl sites for hydroxylation is 2. The van der Waals surface area contributed by atoms with Crippen LogP contribution in [0.4, 0.5) is 5.00 Å². The summed E-state index contributed by atoms with van der Waals surface area (Å²) in [4.78, 5) is 15.0. The number of esters is 1. The largest absolute Gasteiger partial charge is 0.465 e. The minimum Gasteiger partial charge on any atom is -0.465 e. The van der Waals surface area contributed by atoms with Gasteiger partial charge in [0.2, 0.25) is 0 Å². The molecule has 2 heterocycles. The second kappa shape index (κ2) is 7.31. The van der Waals surface area contributed by atoms with Crippen molar-refractivity contribution in [2.45, 2.75) is 27.3 Å². The molecule has 24 heavy (non-hydrogen) atoms. The van der Waals surface area contributed by atoms with E-state index < -0.39 is 0 Å². The number of ether oxygens (including phenoxy) is 1. The first-order chi connectivity index (χ1) is 11.3. The van der Waals surface area contributed by atoms with Gasteiger partial charge in [-0.2, -0.15) is 5.10 Å². The molecule has 6 nitrogen and oxygen atoms in total. The third-order valence-electron chi connectivity index (χ3n) is 4.09. The molecular formula is C16H22N4O2S2. The fraction of sp³-hybridized carbons (Fsp3) is 0.438. The standard InChI is InChI=1S/C16H22N4O2S2/c1-9-11(3)24-14(13(9)15(21)22-6)18-16(23)19(4)8-12-7-17-20(5)10(12)2/h7H,8H2,1-6H3,(H,18,23). The number of hydrogen-bond acceptors (Lipinski definition) is 5. The van der Waals surface area contributed by atoms with Gasteiger partial charge in [0.1, 0.15) is 5.00 Å². The Balaban J connectivity index is 2.16. The van der Waals surface area contributed by atoms with Gasteiger partial charge < -0.3 is 15.0 Å². The van der Waals surface area contributed by atoms with Crippen molar-refractivity contribution in [2.75, 3.05) is 19.5 Å².